The van der Waals surface area contributed by atoms with Crippen molar-refractivity contribution in [1.82, 2.24) is 10.9 Å². The summed E-state index contributed by atoms with van der Waals surface area (Å²) in [4.78, 5) is 23.3. The highest BCUT2D eigenvalue weighted by atomic mass is 16.3. The molecule has 0 bridgehead atoms. The van der Waals surface area contributed by atoms with Crippen molar-refractivity contribution >= 4 is 11.8 Å². The maximum absolute atomic E-state index is 11.7. The molecule has 1 aromatic carbocycles. The van der Waals surface area contributed by atoms with E-state index in [1.54, 1.807) is 24.3 Å². The SMILES string of the molecule is O=C(CC1(O)CCCC1)NNC(=O)c1ccccc1. The molecule has 5 heteroatoms. The van der Waals surface area contributed by atoms with Crippen molar-refractivity contribution in [3.05, 3.63) is 35.9 Å². The van der Waals surface area contributed by atoms with Crippen LogP contribution in [0.5, 0.6) is 0 Å². The zero-order valence-electron chi connectivity index (χ0n) is 10.7. The van der Waals surface area contributed by atoms with E-state index < -0.39 is 5.60 Å². The number of amides is 2. The summed E-state index contributed by atoms with van der Waals surface area (Å²) in [6.45, 7) is 0. The minimum atomic E-state index is -0.901. The smallest absolute Gasteiger partial charge is 0.269 e. The van der Waals surface area contributed by atoms with Gasteiger partial charge in [0.05, 0.1) is 12.0 Å². The Morgan fingerprint density at radius 2 is 1.74 bits per heavy atom. The Morgan fingerprint density at radius 3 is 2.37 bits per heavy atom. The first-order chi connectivity index (χ1) is 9.09. The second-order valence-electron chi connectivity index (χ2n) is 4.98. The molecule has 1 aromatic rings. The second kappa shape index (κ2) is 5.84. The molecule has 1 fully saturated rings. The Labute approximate surface area is 112 Å². The van der Waals surface area contributed by atoms with Crippen molar-refractivity contribution in [3.8, 4) is 0 Å². The van der Waals surface area contributed by atoms with E-state index in [2.05, 4.69) is 10.9 Å². The van der Waals surface area contributed by atoms with Gasteiger partial charge in [0.2, 0.25) is 5.91 Å². The number of carbonyl (C=O) groups is 2. The predicted octanol–water partition coefficient (Wildman–Crippen LogP) is 1.14. The summed E-state index contributed by atoms with van der Waals surface area (Å²) >= 11 is 0. The van der Waals surface area contributed by atoms with Gasteiger partial charge in [0.15, 0.2) is 0 Å². The monoisotopic (exact) mass is 262 g/mol. The Balaban J connectivity index is 1.79. The van der Waals surface area contributed by atoms with Crippen LogP contribution in [-0.4, -0.2) is 22.5 Å². The molecule has 1 aliphatic carbocycles. The van der Waals surface area contributed by atoms with Crippen LogP contribution in [0.1, 0.15) is 42.5 Å². The van der Waals surface area contributed by atoms with Gasteiger partial charge in [0.25, 0.3) is 5.91 Å². The lowest BCUT2D eigenvalue weighted by atomic mass is 9.98. The van der Waals surface area contributed by atoms with Gasteiger partial charge in [-0.15, -0.1) is 0 Å². The van der Waals surface area contributed by atoms with E-state index in [1.165, 1.54) is 0 Å². The van der Waals surface area contributed by atoms with Crippen LogP contribution in [0.25, 0.3) is 0 Å². The van der Waals surface area contributed by atoms with Crippen molar-refractivity contribution in [3.63, 3.8) is 0 Å². The van der Waals surface area contributed by atoms with Gasteiger partial charge in [-0.05, 0) is 25.0 Å². The molecule has 0 spiro atoms. The van der Waals surface area contributed by atoms with Crippen LogP contribution in [0.15, 0.2) is 30.3 Å². The molecule has 1 saturated carbocycles. The first kappa shape index (κ1) is 13.5. The average Bonchev–Trinajstić information content (AvgIpc) is 2.83. The molecule has 1 aliphatic rings. The summed E-state index contributed by atoms with van der Waals surface area (Å²) in [6.07, 6.45) is 3.21. The maximum Gasteiger partial charge on any atom is 0.269 e. The lowest BCUT2D eigenvalue weighted by molar-refractivity contribution is -0.126. The van der Waals surface area contributed by atoms with Gasteiger partial charge in [-0.2, -0.15) is 0 Å². The Hall–Kier alpha value is -1.88. The van der Waals surface area contributed by atoms with Gasteiger partial charge < -0.3 is 5.11 Å². The second-order valence-corrected chi connectivity index (χ2v) is 4.98. The first-order valence-corrected chi connectivity index (χ1v) is 6.46. The van der Waals surface area contributed by atoms with Crippen LogP contribution in [0.4, 0.5) is 0 Å². The lowest BCUT2D eigenvalue weighted by Gasteiger charge is -2.21. The molecule has 0 radical (unpaired) electrons. The van der Waals surface area contributed by atoms with Gasteiger partial charge in [0, 0.05) is 5.56 Å². The third kappa shape index (κ3) is 3.79. The Morgan fingerprint density at radius 1 is 1.11 bits per heavy atom. The number of carbonyl (C=O) groups excluding carboxylic acids is 2. The van der Waals surface area contributed by atoms with Crippen LogP contribution in [0.2, 0.25) is 0 Å². The molecule has 19 heavy (non-hydrogen) atoms. The maximum atomic E-state index is 11.7. The summed E-state index contributed by atoms with van der Waals surface area (Å²) in [7, 11) is 0. The van der Waals surface area contributed by atoms with Crippen molar-refractivity contribution in [1.29, 1.82) is 0 Å². The summed E-state index contributed by atoms with van der Waals surface area (Å²) in [5.41, 5.74) is 4.25. The predicted molar refractivity (Wildman–Crippen MR) is 70.1 cm³/mol. The number of rotatable bonds is 3. The van der Waals surface area contributed by atoms with E-state index in [1.807, 2.05) is 6.07 Å². The molecule has 2 rings (SSSR count). The Bertz CT molecular complexity index is 453. The number of nitrogens with one attached hydrogen (secondary N) is 2. The summed E-state index contributed by atoms with van der Waals surface area (Å²) in [5, 5.41) is 10.1. The van der Waals surface area contributed by atoms with E-state index in [-0.39, 0.29) is 18.2 Å². The molecule has 0 atom stereocenters. The van der Waals surface area contributed by atoms with Gasteiger partial charge in [-0.25, -0.2) is 0 Å². The van der Waals surface area contributed by atoms with Crippen molar-refractivity contribution in [2.75, 3.05) is 0 Å². The van der Waals surface area contributed by atoms with Crippen LogP contribution < -0.4 is 10.9 Å². The third-order valence-electron chi connectivity index (χ3n) is 3.38. The molecule has 0 heterocycles. The number of hydrogen-bond donors (Lipinski definition) is 3. The molecule has 102 valence electrons. The molecular formula is C14H18N2O3. The highest BCUT2D eigenvalue weighted by Gasteiger charge is 2.33. The van der Waals surface area contributed by atoms with Crippen LogP contribution >= 0.6 is 0 Å². The van der Waals surface area contributed by atoms with Gasteiger partial charge in [-0.3, -0.25) is 20.4 Å². The largest absolute Gasteiger partial charge is 0.389 e. The number of aliphatic hydroxyl groups is 1. The van der Waals surface area contributed by atoms with E-state index in [9.17, 15) is 14.7 Å². The van der Waals surface area contributed by atoms with Gasteiger partial charge >= 0.3 is 0 Å². The quantitative estimate of drug-likeness (QED) is 0.715. The summed E-state index contributed by atoms with van der Waals surface area (Å²) in [5.74, 6) is -0.735. The molecule has 0 saturated heterocycles. The number of hydrogen-bond acceptors (Lipinski definition) is 3. The molecule has 0 unspecified atom stereocenters. The molecule has 2 amide bonds. The van der Waals surface area contributed by atoms with Crippen LogP contribution in [0.3, 0.4) is 0 Å². The van der Waals surface area contributed by atoms with E-state index >= 15 is 0 Å². The summed E-state index contributed by atoms with van der Waals surface area (Å²) < 4.78 is 0. The van der Waals surface area contributed by atoms with Gasteiger partial charge in [-0.1, -0.05) is 31.0 Å². The standard InChI is InChI=1S/C14H18N2O3/c17-12(10-14(19)8-4-5-9-14)15-16-13(18)11-6-2-1-3-7-11/h1-3,6-7,19H,4-5,8-10H2,(H,15,17)(H,16,18). The molecule has 0 aliphatic heterocycles. The number of hydrazine groups is 1. The van der Waals surface area contributed by atoms with Gasteiger partial charge in [0.1, 0.15) is 0 Å². The molecule has 3 N–H and O–H groups in total. The minimum Gasteiger partial charge on any atom is -0.389 e. The fourth-order valence-corrected chi connectivity index (χ4v) is 2.34. The Kier molecular flexibility index (Phi) is 4.16. The topological polar surface area (TPSA) is 78.4 Å². The molecular weight excluding hydrogens is 244 g/mol. The molecule has 5 nitrogen and oxygen atoms in total. The van der Waals surface area contributed by atoms with E-state index in [0.717, 1.165) is 12.8 Å². The zero-order chi connectivity index (χ0) is 13.7. The fraction of sp³-hybridized carbons (Fsp3) is 0.429. The summed E-state index contributed by atoms with van der Waals surface area (Å²) in [6, 6.07) is 8.62. The average molecular weight is 262 g/mol. The lowest BCUT2D eigenvalue weighted by Crippen LogP contribution is -2.44. The highest BCUT2D eigenvalue weighted by molar-refractivity contribution is 5.95. The molecule has 0 aromatic heterocycles. The first-order valence-electron chi connectivity index (χ1n) is 6.46. The third-order valence-corrected chi connectivity index (χ3v) is 3.38. The normalized spacial score (nSPS) is 16.9. The fourth-order valence-electron chi connectivity index (χ4n) is 2.34. The van der Waals surface area contributed by atoms with Crippen molar-refractivity contribution in [2.24, 2.45) is 0 Å². The van der Waals surface area contributed by atoms with E-state index in [4.69, 9.17) is 0 Å². The van der Waals surface area contributed by atoms with Crippen molar-refractivity contribution in [2.45, 2.75) is 37.7 Å². The van der Waals surface area contributed by atoms with E-state index in [0.29, 0.717) is 18.4 Å². The van der Waals surface area contributed by atoms with Crippen LogP contribution in [0, 0.1) is 0 Å². The van der Waals surface area contributed by atoms with Crippen LogP contribution in [-0.2, 0) is 4.79 Å². The zero-order valence-corrected chi connectivity index (χ0v) is 10.7. The highest BCUT2D eigenvalue weighted by Crippen LogP contribution is 2.31. The number of benzene rings is 1. The van der Waals surface area contributed by atoms with Crippen molar-refractivity contribution < 1.29 is 14.7 Å². The minimum absolute atomic E-state index is 0.0298.